The second kappa shape index (κ2) is 5.64. The zero-order chi connectivity index (χ0) is 13.8. The molecule has 3 N–H and O–H groups in total. The second-order valence-electron chi connectivity index (χ2n) is 4.66. The number of amides is 1. The lowest BCUT2D eigenvalue weighted by Gasteiger charge is -2.30. The van der Waals surface area contributed by atoms with E-state index in [9.17, 15) is 14.7 Å². The number of hydrogen-bond acceptors (Lipinski definition) is 3. The fourth-order valence-electron chi connectivity index (χ4n) is 1.46. The van der Waals surface area contributed by atoms with Crippen molar-refractivity contribution in [1.82, 2.24) is 5.32 Å². The van der Waals surface area contributed by atoms with E-state index in [0.29, 0.717) is 5.56 Å². The van der Waals surface area contributed by atoms with Gasteiger partial charge in [0.2, 0.25) is 0 Å². The molecule has 0 spiro atoms. The predicted octanol–water partition coefficient (Wildman–Crippen LogP) is 1.03. The highest BCUT2D eigenvalue weighted by atomic mass is 16.4. The van der Waals surface area contributed by atoms with Crippen LogP contribution in [0, 0.1) is 0 Å². The molecule has 0 aliphatic carbocycles. The highest BCUT2D eigenvalue weighted by molar-refractivity contribution is 5.94. The molecule has 0 radical (unpaired) electrons. The summed E-state index contributed by atoms with van der Waals surface area (Å²) >= 11 is 0. The van der Waals surface area contributed by atoms with Gasteiger partial charge in [0.15, 0.2) is 0 Å². The van der Waals surface area contributed by atoms with Gasteiger partial charge in [0.25, 0.3) is 5.91 Å². The highest BCUT2D eigenvalue weighted by Gasteiger charge is 2.31. The molecule has 1 amide bonds. The van der Waals surface area contributed by atoms with Gasteiger partial charge in [-0.3, -0.25) is 9.59 Å². The van der Waals surface area contributed by atoms with E-state index < -0.39 is 24.0 Å². The Kier molecular flexibility index (Phi) is 4.44. The first kappa shape index (κ1) is 14.2. The van der Waals surface area contributed by atoms with Gasteiger partial charge in [0.1, 0.15) is 0 Å². The van der Waals surface area contributed by atoms with E-state index in [-0.39, 0.29) is 5.91 Å². The molecule has 18 heavy (non-hydrogen) atoms. The van der Waals surface area contributed by atoms with E-state index in [1.54, 1.807) is 44.2 Å². The van der Waals surface area contributed by atoms with E-state index in [1.807, 2.05) is 0 Å². The van der Waals surface area contributed by atoms with E-state index in [0.717, 1.165) is 0 Å². The zero-order valence-corrected chi connectivity index (χ0v) is 10.4. The average molecular weight is 251 g/mol. The first-order chi connectivity index (χ1) is 8.33. The quantitative estimate of drug-likeness (QED) is 0.729. The first-order valence-corrected chi connectivity index (χ1v) is 5.60. The molecule has 1 aromatic rings. The highest BCUT2D eigenvalue weighted by Crippen LogP contribution is 2.13. The summed E-state index contributed by atoms with van der Waals surface area (Å²) in [6.07, 6.45) is -1.56. The number of aliphatic hydroxyl groups excluding tert-OH is 1. The number of hydrogen-bond donors (Lipinski definition) is 3. The number of rotatable bonds is 5. The van der Waals surface area contributed by atoms with Gasteiger partial charge in [-0.25, -0.2) is 0 Å². The maximum atomic E-state index is 11.9. The summed E-state index contributed by atoms with van der Waals surface area (Å²) in [7, 11) is 0. The van der Waals surface area contributed by atoms with Crippen LogP contribution in [-0.4, -0.2) is 33.7 Å². The normalized spacial score (nSPS) is 12.8. The minimum atomic E-state index is -1.15. The molecule has 0 fully saturated rings. The van der Waals surface area contributed by atoms with Gasteiger partial charge in [-0.2, -0.15) is 0 Å². The van der Waals surface area contributed by atoms with Crippen LogP contribution < -0.4 is 5.32 Å². The van der Waals surface area contributed by atoms with Crippen molar-refractivity contribution in [2.45, 2.75) is 31.9 Å². The van der Waals surface area contributed by atoms with Crippen molar-refractivity contribution in [3.8, 4) is 0 Å². The largest absolute Gasteiger partial charge is 0.481 e. The maximum absolute atomic E-state index is 11.9. The Morgan fingerprint density at radius 3 is 2.33 bits per heavy atom. The van der Waals surface area contributed by atoms with Crippen molar-refractivity contribution in [2.24, 2.45) is 0 Å². The summed E-state index contributed by atoms with van der Waals surface area (Å²) in [6.45, 7) is 3.17. The third-order valence-electron chi connectivity index (χ3n) is 2.67. The number of carboxylic acid groups (broad SMARTS) is 1. The molecule has 0 heterocycles. The van der Waals surface area contributed by atoms with Crippen LogP contribution in [0.25, 0.3) is 0 Å². The molecule has 0 aliphatic rings. The SMILES string of the molecule is CC(C)(NC(=O)c1ccccc1)C(O)CC(=O)O. The summed E-state index contributed by atoms with van der Waals surface area (Å²) in [4.78, 5) is 22.4. The van der Waals surface area contributed by atoms with Crippen molar-refractivity contribution in [2.75, 3.05) is 0 Å². The Bertz CT molecular complexity index is 428. The van der Waals surface area contributed by atoms with Crippen LogP contribution in [0.2, 0.25) is 0 Å². The van der Waals surface area contributed by atoms with Crippen molar-refractivity contribution in [3.63, 3.8) is 0 Å². The van der Waals surface area contributed by atoms with Crippen molar-refractivity contribution >= 4 is 11.9 Å². The minimum absolute atomic E-state index is 0.343. The molecule has 1 atom stereocenters. The Labute approximate surface area is 105 Å². The molecular weight excluding hydrogens is 234 g/mol. The molecule has 1 aromatic carbocycles. The van der Waals surface area contributed by atoms with Crippen molar-refractivity contribution in [1.29, 1.82) is 0 Å². The van der Waals surface area contributed by atoms with E-state index in [4.69, 9.17) is 5.11 Å². The van der Waals surface area contributed by atoms with Crippen LogP contribution in [-0.2, 0) is 4.79 Å². The molecule has 0 bridgehead atoms. The molecule has 0 saturated carbocycles. The topological polar surface area (TPSA) is 86.6 Å². The van der Waals surface area contributed by atoms with Crippen LogP contribution >= 0.6 is 0 Å². The maximum Gasteiger partial charge on any atom is 0.306 e. The molecule has 1 unspecified atom stereocenters. The molecule has 0 saturated heterocycles. The van der Waals surface area contributed by atoms with Crippen LogP contribution in [0.1, 0.15) is 30.6 Å². The average Bonchev–Trinajstić information content (AvgIpc) is 2.28. The fourth-order valence-corrected chi connectivity index (χ4v) is 1.46. The molecule has 5 nitrogen and oxygen atoms in total. The zero-order valence-electron chi connectivity index (χ0n) is 10.4. The Balaban J connectivity index is 2.71. The minimum Gasteiger partial charge on any atom is -0.481 e. The van der Waals surface area contributed by atoms with Gasteiger partial charge in [-0.15, -0.1) is 0 Å². The number of aliphatic hydroxyl groups is 1. The summed E-state index contributed by atoms with van der Waals surface area (Å²) in [6, 6.07) is 8.55. The van der Waals surface area contributed by atoms with E-state index >= 15 is 0 Å². The van der Waals surface area contributed by atoms with Crippen molar-refractivity contribution in [3.05, 3.63) is 35.9 Å². The molecule has 0 aromatic heterocycles. The molecular formula is C13H17NO4. The van der Waals surface area contributed by atoms with E-state index in [1.165, 1.54) is 0 Å². The standard InChI is InChI=1S/C13H17NO4/c1-13(2,10(15)8-11(16)17)14-12(18)9-6-4-3-5-7-9/h3-7,10,15H,8H2,1-2H3,(H,14,18)(H,16,17). The summed E-state index contributed by atoms with van der Waals surface area (Å²) < 4.78 is 0. The fraction of sp³-hybridized carbons (Fsp3) is 0.385. The monoisotopic (exact) mass is 251 g/mol. The summed E-state index contributed by atoms with van der Waals surface area (Å²) in [5.41, 5.74) is -0.543. The summed E-state index contributed by atoms with van der Waals surface area (Å²) in [5, 5.41) is 21.0. The van der Waals surface area contributed by atoms with Crippen molar-refractivity contribution < 1.29 is 19.8 Å². The molecule has 0 aliphatic heterocycles. The predicted molar refractivity (Wildman–Crippen MR) is 66.2 cm³/mol. The Morgan fingerprint density at radius 1 is 1.28 bits per heavy atom. The number of nitrogens with one attached hydrogen (secondary N) is 1. The first-order valence-electron chi connectivity index (χ1n) is 5.60. The third-order valence-corrected chi connectivity index (χ3v) is 2.67. The lowest BCUT2D eigenvalue weighted by Crippen LogP contribution is -2.52. The number of carbonyl (C=O) groups is 2. The second-order valence-corrected chi connectivity index (χ2v) is 4.66. The number of aliphatic carboxylic acids is 1. The molecule has 1 rings (SSSR count). The lowest BCUT2D eigenvalue weighted by atomic mass is 9.94. The van der Waals surface area contributed by atoms with Gasteiger partial charge in [-0.1, -0.05) is 18.2 Å². The van der Waals surface area contributed by atoms with Gasteiger partial charge in [0.05, 0.1) is 18.1 Å². The molecule has 5 heteroatoms. The van der Waals surface area contributed by atoms with E-state index in [2.05, 4.69) is 5.32 Å². The van der Waals surface area contributed by atoms with Gasteiger partial charge < -0.3 is 15.5 Å². The van der Waals surface area contributed by atoms with Gasteiger partial charge in [0, 0.05) is 5.56 Å². The Hall–Kier alpha value is -1.88. The van der Waals surface area contributed by atoms with Crippen LogP contribution in [0.4, 0.5) is 0 Å². The molecule has 98 valence electrons. The smallest absolute Gasteiger partial charge is 0.306 e. The number of carbonyl (C=O) groups excluding carboxylic acids is 1. The van der Waals surface area contributed by atoms with Crippen LogP contribution in [0.3, 0.4) is 0 Å². The lowest BCUT2D eigenvalue weighted by molar-refractivity contribution is -0.140. The number of carboxylic acids is 1. The van der Waals surface area contributed by atoms with Crippen LogP contribution in [0.5, 0.6) is 0 Å². The third kappa shape index (κ3) is 3.85. The Morgan fingerprint density at radius 2 is 1.83 bits per heavy atom. The van der Waals surface area contributed by atoms with Gasteiger partial charge in [-0.05, 0) is 26.0 Å². The van der Waals surface area contributed by atoms with Gasteiger partial charge >= 0.3 is 5.97 Å². The number of benzene rings is 1. The summed E-state index contributed by atoms with van der Waals surface area (Å²) in [5.74, 6) is -1.45. The van der Waals surface area contributed by atoms with Crippen LogP contribution in [0.15, 0.2) is 30.3 Å².